The second kappa shape index (κ2) is 5.71. The number of carboxylic acids is 1. The Morgan fingerprint density at radius 1 is 1.53 bits per heavy atom. The maximum Gasteiger partial charge on any atom is 0.335 e. The summed E-state index contributed by atoms with van der Waals surface area (Å²) in [5.74, 6) is 0.0670. The minimum Gasteiger partial charge on any atom is -0.484 e. The molecule has 1 heterocycles. The first-order valence-corrected chi connectivity index (χ1v) is 6.02. The van der Waals surface area contributed by atoms with Crippen molar-refractivity contribution in [1.29, 1.82) is 0 Å². The molecule has 0 aliphatic heterocycles. The van der Waals surface area contributed by atoms with Crippen molar-refractivity contribution < 1.29 is 14.6 Å². The van der Waals surface area contributed by atoms with Crippen molar-refractivity contribution in [3.05, 3.63) is 40.9 Å². The highest BCUT2D eigenvalue weighted by Gasteiger charge is 2.09. The van der Waals surface area contributed by atoms with Gasteiger partial charge in [0.15, 0.2) is 5.82 Å². The lowest BCUT2D eigenvalue weighted by Crippen LogP contribution is -2.07. The van der Waals surface area contributed by atoms with Gasteiger partial charge in [0.05, 0.1) is 10.6 Å². The van der Waals surface area contributed by atoms with Crippen LogP contribution >= 0.6 is 11.6 Å². The number of carboxylic acid groups (broad SMARTS) is 1. The van der Waals surface area contributed by atoms with E-state index in [1.165, 1.54) is 24.5 Å². The normalized spacial score (nSPS) is 10.4. The van der Waals surface area contributed by atoms with Crippen LogP contribution in [0, 0.1) is 0 Å². The zero-order valence-corrected chi connectivity index (χ0v) is 11.0. The number of aromatic carboxylic acids is 1. The molecule has 6 nitrogen and oxygen atoms in total. The van der Waals surface area contributed by atoms with Gasteiger partial charge in [0.1, 0.15) is 18.7 Å². The van der Waals surface area contributed by atoms with E-state index in [0.717, 1.165) is 0 Å². The Kier molecular flexibility index (Phi) is 4.01. The summed E-state index contributed by atoms with van der Waals surface area (Å²) in [7, 11) is 0. The van der Waals surface area contributed by atoms with E-state index in [-0.39, 0.29) is 17.2 Å². The number of hydrogen-bond donors (Lipinski definition) is 1. The fourth-order valence-electron chi connectivity index (χ4n) is 1.56. The number of halogens is 1. The average Bonchev–Trinajstić information content (AvgIpc) is 2.84. The van der Waals surface area contributed by atoms with Crippen LogP contribution in [0.2, 0.25) is 5.02 Å². The molecule has 19 heavy (non-hydrogen) atoms. The number of aryl methyl sites for hydroxylation is 1. The molecule has 7 heteroatoms. The number of rotatable bonds is 5. The van der Waals surface area contributed by atoms with Crippen LogP contribution in [0.3, 0.4) is 0 Å². The van der Waals surface area contributed by atoms with Gasteiger partial charge in [0.2, 0.25) is 0 Å². The van der Waals surface area contributed by atoms with E-state index in [0.29, 0.717) is 18.1 Å². The van der Waals surface area contributed by atoms with Crippen molar-refractivity contribution in [2.45, 2.75) is 20.1 Å². The van der Waals surface area contributed by atoms with Gasteiger partial charge in [0.25, 0.3) is 0 Å². The highest BCUT2D eigenvalue weighted by Crippen LogP contribution is 2.26. The Hall–Kier alpha value is -2.08. The van der Waals surface area contributed by atoms with Crippen molar-refractivity contribution in [2.24, 2.45) is 0 Å². The summed E-state index contributed by atoms with van der Waals surface area (Å²) in [4.78, 5) is 14.8. The SMILES string of the molecule is CCn1ncnc1COc1ccc(C(=O)O)cc1Cl. The molecule has 1 aromatic heterocycles. The molecular weight excluding hydrogens is 270 g/mol. The van der Waals surface area contributed by atoms with Gasteiger partial charge >= 0.3 is 5.97 Å². The predicted octanol–water partition coefficient (Wildman–Crippen LogP) is 2.23. The number of hydrogen-bond acceptors (Lipinski definition) is 4. The van der Waals surface area contributed by atoms with Gasteiger partial charge in [-0.05, 0) is 25.1 Å². The van der Waals surface area contributed by atoms with E-state index in [4.69, 9.17) is 21.4 Å². The van der Waals surface area contributed by atoms with Crippen LogP contribution in [0.5, 0.6) is 5.75 Å². The predicted molar refractivity (Wildman–Crippen MR) is 68.4 cm³/mol. The topological polar surface area (TPSA) is 77.2 Å². The van der Waals surface area contributed by atoms with Crippen LogP contribution in [-0.2, 0) is 13.2 Å². The van der Waals surface area contributed by atoms with E-state index in [2.05, 4.69) is 10.1 Å². The maximum atomic E-state index is 10.8. The monoisotopic (exact) mass is 281 g/mol. The zero-order valence-electron chi connectivity index (χ0n) is 10.2. The molecule has 2 rings (SSSR count). The van der Waals surface area contributed by atoms with E-state index in [9.17, 15) is 4.79 Å². The van der Waals surface area contributed by atoms with Gasteiger partial charge < -0.3 is 9.84 Å². The quantitative estimate of drug-likeness (QED) is 0.909. The summed E-state index contributed by atoms with van der Waals surface area (Å²) >= 11 is 5.96. The maximum absolute atomic E-state index is 10.8. The van der Waals surface area contributed by atoms with E-state index >= 15 is 0 Å². The molecule has 0 aliphatic rings. The van der Waals surface area contributed by atoms with Crippen LogP contribution in [0.1, 0.15) is 23.1 Å². The lowest BCUT2D eigenvalue weighted by atomic mass is 10.2. The van der Waals surface area contributed by atoms with Crippen molar-refractivity contribution >= 4 is 17.6 Å². The minimum atomic E-state index is -1.03. The molecule has 1 N–H and O–H groups in total. The number of ether oxygens (including phenoxy) is 1. The lowest BCUT2D eigenvalue weighted by Gasteiger charge is -2.08. The highest BCUT2D eigenvalue weighted by atomic mass is 35.5. The van der Waals surface area contributed by atoms with Gasteiger partial charge in [-0.3, -0.25) is 0 Å². The Labute approximate surface area is 114 Å². The molecule has 0 aliphatic carbocycles. The summed E-state index contributed by atoms with van der Waals surface area (Å²) in [5, 5.41) is 13.1. The standard InChI is InChI=1S/C12H12ClN3O3/c1-2-16-11(14-7-15-16)6-19-10-4-3-8(12(17)18)5-9(10)13/h3-5,7H,2,6H2,1H3,(H,17,18). The van der Waals surface area contributed by atoms with Crippen molar-refractivity contribution in [3.63, 3.8) is 0 Å². The molecule has 0 fully saturated rings. The second-order valence-electron chi connectivity index (χ2n) is 3.73. The van der Waals surface area contributed by atoms with Crippen LogP contribution < -0.4 is 4.74 Å². The third-order valence-corrected chi connectivity index (χ3v) is 2.83. The largest absolute Gasteiger partial charge is 0.484 e. The molecule has 0 unspecified atom stereocenters. The Bertz CT molecular complexity index is 598. The molecule has 0 saturated heterocycles. The number of aromatic nitrogens is 3. The van der Waals surface area contributed by atoms with Gasteiger partial charge in [-0.1, -0.05) is 11.6 Å². The number of carbonyl (C=O) groups is 1. The van der Waals surface area contributed by atoms with Crippen LogP contribution in [0.4, 0.5) is 0 Å². The molecule has 0 bridgehead atoms. The van der Waals surface area contributed by atoms with E-state index < -0.39 is 5.97 Å². The molecule has 100 valence electrons. The van der Waals surface area contributed by atoms with Crippen molar-refractivity contribution in [2.75, 3.05) is 0 Å². The van der Waals surface area contributed by atoms with E-state index in [1.807, 2.05) is 6.92 Å². The first-order chi connectivity index (χ1) is 9.11. The lowest BCUT2D eigenvalue weighted by molar-refractivity contribution is 0.0697. The highest BCUT2D eigenvalue weighted by molar-refractivity contribution is 6.32. The summed E-state index contributed by atoms with van der Waals surface area (Å²) in [5.41, 5.74) is 0.120. The smallest absolute Gasteiger partial charge is 0.335 e. The molecular formula is C12H12ClN3O3. The second-order valence-corrected chi connectivity index (χ2v) is 4.14. The third-order valence-electron chi connectivity index (χ3n) is 2.53. The van der Waals surface area contributed by atoms with Crippen molar-refractivity contribution in [3.8, 4) is 5.75 Å². The van der Waals surface area contributed by atoms with Crippen LogP contribution in [0.15, 0.2) is 24.5 Å². The summed E-state index contributed by atoms with van der Waals surface area (Å²) < 4.78 is 7.22. The Balaban J connectivity index is 2.10. The third kappa shape index (κ3) is 3.03. The van der Waals surface area contributed by atoms with Gasteiger partial charge in [-0.25, -0.2) is 14.5 Å². The fraction of sp³-hybridized carbons (Fsp3) is 0.250. The first kappa shape index (κ1) is 13.4. The molecule has 1 aromatic carbocycles. The Morgan fingerprint density at radius 2 is 2.32 bits per heavy atom. The van der Waals surface area contributed by atoms with Crippen molar-refractivity contribution in [1.82, 2.24) is 14.8 Å². The molecule has 0 saturated carbocycles. The summed E-state index contributed by atoms with van der Waals surface area (Å²) in [6.45, 7) is 2.87. The average molecular weight is 282 g/mol. The van der Waals surface area contributed by atoms with Gasteiger partial charge in [0, 0.05) is 6.54 Å². The number of nitrogens with zero attached hydrogens (tertiary/aromatic N) is 3. The summed E-state index contributed by atoms with van der Waals surface area (Å²) in [6.07, 6.45) is 1.46. The van der Waals surface area contributed by atoms with Gasteiger partial charge in [-0.15, -0.1) is 0 Å². The molecule has 0 atom stereocenters. The number of benzene rings is 1. The zero-order chi connectivity index (χ0) is 13.8. The van der Waals surface area contributed by atoms with E-state index in [1.54, 1.807) is 4.68 Å². The molecule has 0 amide bonds. The minimum absolute atomic E-state index is 0.120. The summed E-state index contributed by atoms with van der Waals surface area (Å²) in [6, 6.07) is 4.32. The van der Waals surface area contributed by atoms with Gasteiger partial charge in [-0.2, -0.15) is 5.10 Å². The molecule has 0 spiro atoms. The Morgan fingerprint density at radius 3 is 2.95 bits per heavy atom. The molecule has 0 radical (unpaired) electrons. The van der Waals surface area contributed by atoms with Crippen LogP contribution in [0.25, 0.3) is 0 Å². The van der Waals surface area contributed by atoms with Crippen LogP contribution in [-0.4, -0.2) is 25.8 Å². The fourth-order valence-corrected chi connectivity index (χ4v) is 1.79. The molecule has 2 aromatic rings. The first-order valence-electron chi connectivity index (χ1n) is 5.64.